The fourth-order valence-corrected chi connectivity index (χ4v) is 1.90. The van der Waals surface area contributed by atoms with Crippen molar-refractivity contribution in [2.24, 2.45) is 0 Å². The van der Waals surface area contributed by atoms with Crippen molar-refractivity contribution < 1.29 is 9.59 Å². The van der Waals surface area contributed by atoms with Crippen LogP contribution in [-0.4, -0.2) is 16.8 Å². The third-order valence-corrected chi connectivity index (χ3v) is 3.11. The molecule has 1 heterocycles. The number of carbonyl (C=O) groups excluding carboxylic acids is 2. The van der Waals surface area contributed by atoms with Crippen molar-refractivity contribution in [2.45, 2.75) is 6.92 Å². The van der Waals surface area contributed by atoms with Gasteiger partial charge >= 0.3 is 0 Å². The molecule has 22 heavy (non-hydrogen) atoms. The number of nitrogens with one attached hydrogen (secondary N) is 2. The minimum absolute atomic E-state index is 0.121. The first-order valence-corrected chi connectivity index (χ1v) is 7.30. The second-order valence-electron chi connectivity index (χ2n) is 4.49. The zero-order valence-electron chi connectivity index (χ0n) is 11.8. The number of pyridine rings is 1. The van der Waals surface area contributed by atoms with Gasteiger partial charge in [-0.3, -0.25) is 9.59 Å². The Bertz CT molecular complexity index is 694. The van der Waals surface area contributed by atoms with E-state index in [0.29, 0.717) is 11.5 Å². The maximum atomic E-state index is 11.8. The molecule has 5 nitrogen and oxygen atoms in total. The van der Waals surface area contributed by atoms with Gasteiger partial charge in [-0.15, -0.1) is 0 Å². The molecule has 0 unspecified atom stereocenters. The standard InChI is InChI=1S/C16H14BrN3O2/c1-11(21)19-14-6-2-12(3-7-14)4-9-16(22)20-15-8-5-13(17)10-18-15/h2-10H,1H3,(H,19,21)(H,18,20,22)/b9-4+. The fraction of sp³-hybridized carbons (Fsp3) is 0.0625. The molecular formula is C16H14BrN3O2. The topological polar surface area (TPSA) is 71.1 Å². The third kappa shape index (κ3) is 5.14. The molecule has 2 rings (SSSR count). The van der Waals surface area contributed by atoms with E-state index >= 15 is 0 Å². The van der Waals surface area contributed by atoms with Gasteiger partial charge in [-0.1, -0.05) is 12.1 Å². The summed E-state index contributed by atoms with van der Waals surface area (Å²) >= 11 is 3.28. The molecule has 0 aliphatic carbocycles. The lowest BCUT2D eigenvalue weighted by Crippen LogP contribution is -2.08. The summed E-state index contributed by atoms with van der Waals surface area (Å²) in [4.78, 5) is 26.8. The highest BCUT2D eigenvalue weighted by Gasteiger charge is 1.99. The monoisotopic (exact) mass is 359 g/mol. The normalized spacial score (nSPS) is 10.5. The smallest absolute Gasteiger partial charge is 0.249 e. The van der Waals surface area contributed by atoms with Crippen LogP contribution in [0.2, 0.25) is 0 Å². The number of amides is 2. The van der Waals surface area contributed by atoms with E-state index in [4.69, 9.17) is 0 Å². The van der Waals surface area contributed by atoms with Gasteiger partial charge in [-0.05, 0) is 51.8 Å². The van der Waals surface area contributed by atoms with Crippen LogP contribution >= 0.6 is 15.9 Å². The quantitative estimate of drug-likeness (QED) is 0.821. The number of halogens is 1. The molecule has 2 amide bonds. The largest absolute Gasteiger partial charge is 0.326 e. The van der Waals surface area contributed by atoms with E-state index in [9.17, 15) is 9.59 Å². The summed E-state index contributed by atoms with van der Waals surface area (Å²) in [6, 6.07) is 10.7. The summed E-state index contributed by atoms with van der Waals surface area (Å²) in [6.45, 7) is 1.45. The number of benzene rings is 1. The zero-order chi connectivity index (χ0) is 15.9. The van der Waals surface area contributed by atoms with E-state index in [2.05, 4.69) is 31.5 Å². The predicted molar refractivity (Wildman–Crippen MR) is 90.3 cm³/mol. The highest BCUT2D eigenvalue weighted by Crippen LogP contribution is 2.12. The number of aromatic nitrogens is 1. The van der Waals surface area contributed by atoms with Crippen LogP contribution in [0.5, 0.6) is 0 Å². The number of carbonyl (C=O) groups is 2. The molecule has 6 heteroatoms. The maximum Gasteiger partial charge on any atom is 0.249 e. The average Bonchev–Trinajstić information content (AvgIpc) is 2.48. The van der Waals surface area contributed by atoms with Crippen LogP contribution in [0.3, 0.4) is 0 Å². The van der Waals surface area contributed by atoms with E-state index < -0.39 is 0 Å². The Hall–Kier alpha value is -2.47. The van der Waals surface area contributed by atoms with Gasteiger partial charge < -0.3 is 10.6 Å². The minimum Gasteiger partial charge on any atom is -0.326 e. The van der Waals surface area contributed by atoms with E-state index in [1.165, 1.54) is 13.0 Å². The van der Waals surface area contributed by atoms with E-state index in [0.717, 1.165) is 10.0 Å². The van der Waals surface area contributed by atoms with Crippen LogP contribution in [0.25, 0.3) is 6.08 Å². The van der Waals surface area contributed by atoms with Crippen molar-refractivity contribution >= 4 is 45.3 Å². The molecule has 0 aliphatic heterocycles. The summed E-state index contributed by atoms with van der Waals surface area (Å²) in [5.41, 5.74) is 1.57. The first-order chi connectivity index (χ1) is 10.5. The van der Waals surface area contributed by atoms with Crippen LogP contribution in [0.15, 0.2) is 53.1 Å². The summed E-state index contributed by atoms with van der Waals surface area (Å²) < 4.78 is 0.848. The van der Waals surface area contributed by atoms with Crippen LogP contribution in [-0.2, 0) is 9.59 Å². The van der Waals surface area contributed by atoms with Crippen LogP contribution in [0, 0.1) is 0 Å². The molecule has 0 aliphatic rings. The molecule has 2 aromatic rings. The number of hydrogen-bond donors (Lipinski definition) is 2. The van der Waals surface area contributed by atoms with Gasteiger partial charge in [0.05, 0.1) is 0 Å². The Morgan fingerprint density at radius 1 is 1.09 bits per heavy atom. The fourth-order valence-electron chi connectivity index (χ4n) is 1.67. The number of nitrogens with zero attached hydrogens (tertiary/aromatic N) is 1. The molecule has 112 valence electrons. The third-order valence-electron chi connectivity index (χ3n) is 2.64. The molecule has 0 radical (unpaired) electrons. The highest BCUT2D eigenvalue weighted by atomic mass is 79.9. The number of hydrogen-bond acceptors (Lipinski definition) is 3. The minimum atomic E-state index is -0.263. The molecular weight excluding hydrogens is 346 g/mol. The lowest BCUT2D eigenvalue weighted by Gasteiger charge is -2.02. The van der Waals surface area contributed by atoms with Gasteiger partial charge in [-0.2, -0.15) is 0 Å². The van der Waals surface area contributed by atoms with E-state index in [1.54, 1.807) is 36.5 Å². The molecule has 0 spiro atoms. The number of anilines is 2. The Morgan fingerprint density at radius 2 is 1.82 bits per heavy atom. The first kappa shape index (κ1) is 15.9. The summed E-state index contributed by atoms with van der Waals surface area (Å²) in [6.07, 6.45) is 4.73. The molecule has 1 aromatic carbocycles. The zero-order valence-corrected chi connectivity index (χ0v) is 13.4. The van der Waals surface area contributed by atoms with Crippen LogP contribution in [0.4, 0.5) is 11.5 Å². The Balaban J connectivity index is 1.94. The molecule has 0 saturated carbocycles. The summed E-state index contributed by atoms with van der Waals surface area (Å²) in [5.74, 6) is 0.101. The van der Waals surface area contributed by atoms with E-state index in [1.807, 2.05) is 12.1 Å². The SMILES string of the molecule is CC(=O)Nc1ccc(/C=C/C(=O)Nc2ccc(Br)cn2)cc1. The van der Waals surface area contributed by atoms with Gasteiger partial charge in [-0.25, -0.2) is 4.98 Å². The van der Waals surface area contributed by atoms with Crippen molar-refractivity contribution in [3.05, 3.63) is 58.7 Å². The first-order valence-electron chi connectivity index (χ1n) is 6.51. The van der Waals surface area contributed by atoms with Crippen molar-refractivity contribution in [2.75, 3.05) is 10.6 Å². The van der Waals surface area contributed by atoms with Gasteiger partial charge in [0, 0.05) is 29.4 Å². The Kier molecular flexibility index (Phi) is 5.43. The summed E-state index contributed by atoms with van der Waals surface area (Å²) in [7, 11) is 0. The summed E-state index contributed by atoms with van der Waals surface area (Å²) in [5, 5.41) is 5.34. The van der Waals surface area contributed by atoms with Gasteiger partial charge in [0.2, 0.25) is 11.8 Å². The molecule has 0 bridgehead atoms. The highest BCUT2D eigenvalue weighted by molar-refractivity contribution is 9.10. The average molecular weight is 360 g/mol. The molecule has 0 saturated heterocycles. The lowest BCUT2D eigenvalue weighted by molar-refractivity contribution is -0.114. The van der Waals surface area contributed by atoms with Crippen molar-refractivity contribution in [3.8, 4) is 0 Å². The Morgan fingerprint density at radius 3 is 2.41 bits per heavy atom. The van der Waals surface area contributed by atoms with Gasteiger partial charge in [0.1, 0.15) is 5.82 Å². The van der Waals surface area contributed by atoms with Crippen LogP contribution < -0.4 is 10.6 Å². The lowest BCUT2D eigenvalue weighted by atomic mass is 10.2. The number of rotatable bonds is 4. The van der Waals surface area contributed by atoms with Gasteiger partial charge in [0.25, 0.3) is 0 Å². The molecule has 0 atom stereocenters. The molecule has 1 aromatic heterocycles. The van der Waals surface area contributed by atoms with Crippen molar-refractivity contribution in [1.29, 1.82) is 0 Å². The second-order valence-corrected chi connectivity index (χ2v) is 5.40. The Labute approximate surface area is 136 Å². The van der Waals surface area contributed by atoms with Crippen molar-refractivity contribution in [3.63, 3.8) is 0 Å². The molecule has 0 fully saturated rings. The predicted octanol–water partition coefficient (Wildman–Crippen LogP) is 3.45. The molecule has 2 N–H and O–H groups in total. The van der Waals surface area contributed by atoms with E-state index in [-0.39, 0.29) is 11.8 Å². The van der Waals surface area contributed by atoms with Gasteiger partial charge in [0.15, 0.2) is 0 Å². The van der Waals surface area contributed by atoms with Crippen LogP contribution in [0.1, 0.15) is 12.5 Å². The maximum absolute atomic E-state index is 11.8. The second kappa shape index (κ2) is 7.51. The van der Waals surface area contributed by atoms with Crippen molar-refractivity contribution in [1.82, 2.24) is 4.98 Å².